The summed E-state index contributed by atoms with van der Waals surface area (Å²) >= 11 is 0. The van der Waals surface area contributed by atoms with Crippen molar-refractivity contribution in [3.63, 3.8) is 0 Å². The first-order chi connectivity index (χ1) is 10.1. The zero-order chi connectivity index (χ0) is 15.7. The second kappa shape index (κ2) is 9.34. The second-order valence-corrected chi connectivity index (χ2v) is 5.00. The fourth-order valence-corrected chi connectivity index (χ4v) is 2.38. The summed E-state index contributed by atoms with van der Waals surface area (Å²) in [6.07, 6.45) is 9.51. The van der Waals surface area contributed by atoms with E-state index < -0.39 is 11.9 Å². The summed E-state index contributed by atoms with van der Waals surface area (Å²) in [5, 5.41) is 0. The average Bonchev–Trinajstić information content (AvgIpc) is 2.52. The van der Waals surface area contributed by atoms with Crippen LogP contribution in [0.4, 0.5) is 0 Å². The summed E-state index contributed by atoms with van der Waals surface area (Å²) < 4.78 is 15.0. The highest BCUT2D eigenvalue weighted by molar-refractivity contribution is 6.13. The fraction of sp³-hybridized carbons (Fsp3) is 0.625. The molecule has 0 atom stereocenters. The van der Waals surface area contributed by atoms with E-state index in [2.05, 4.69) is 9.47 Å². The van der Waals surface area contributed by atoms with Gasteiger partial charge in [0.05, 0.1) is 26.9 Å². The Morgan fingerprint density at radius 2 is 1.62 bits per heavy atom. The predicted octanol–water partition coefficient (Wildman–Crippen LogP) is 2.41. The van der Waals surface area contributed by atoms with Crippen LogP contribution in [0.5, 0.6) is 0 Å². The van der Waals surface area contributed by atoms with Gasteiger partial charge in [0.25, 0.3) is 0 Å². The van der Waals surface area contributed by atoms with Crippen molar-refractivity contribution in [2.24, 2.45) is 5.92 Å². The molecule has 5 nitrogen and oxygen atoms in total. The van der Waals surface area contributed by atoms with E-state index in [1.165, 1.54) is 14.2 Å². The minimum Gasteiger partial charge on any atom is -0.465 e. The quantitative estimate of drug-likeness (QED) is 0.248. The summed E-state index contributed by atoms with van der Waals surface area (Å²) in [6.45, 7) is 2.60. The van der Waals surface area contributed by atoms with Gasteiger partial charge in [0.2, 0.25) is 0 Å². The molecule has 0 aromatic rings. The monoisotopic (exact) mass is 296 g/mol. The highest BCUT2D eigenvalue weighted by Gasteiger charge is 2.25. The number of esters is 2. The van der Waals surface area contributed by atoms with E-state index in [1.807, 2.05) is 19.1 Å². The van der Waals surface area contributed by atoms with E-state index >= 15 is 0 Å². The smallest absolute Gasteiger partial charge is 0.344 e. The molecule has 0 N–H and O–H groups in total. The lowest BCUT2D eigenvalue weighted by molar-refractivity contribution is -0.144. The Bertz CT molecular complexity index is 385. The summed E-state index contributed by atoms with van der Waals surface area (Å²) in [5.74, 6) is -1.11. The topological polar surface area (TPSA) is 61.8 Å². The molecule has 0 aromatic carbocycles. The first-order valence-corrected chi connectivity index (χ1v) is 7.23. The van der Waals surface area contributed by atoms with Crippen molar-refractivity contribution in [2.75, 3.05) is 20.8 Å². The molecule has 1 aliphatic carbocycles. The molecule has 21 heavy (non-hydrogen) atoms. The van der Waals surface area contributed by atoms with E-state index in [1.54, 1.807) is 6.08 Å². The molecule has 0 spiro atoms. The Morgan fingerprint density at radius 1 is 1.05 bits per heavy atom. The van der Waals surface area contributed by atoms with Gasteiger partial charge in [-0.1, -0.05) is 18.2 Å². The Balaban J connectivity index is 2.56. The van der Waals surface area contributed by atoms with Crippen LogP contribution in [0.15, 0.2) is 23.8 Å². The van der Waals surface area contributed by atoms with Crippen LogP contribution in [0, 0.1) is 5.92 Å². The van der Waals surface area contributed by atoms with Gasteiger partial charge in [0.15, 0.2) is 0 Å². The van der Waals surface area contributed by atoms with Gasteiger partial charge >= 0.3 is 11.9 Å². The lowest BCUT2D eigenvalue weighted by Gasteiger charge is -2.26. The highest BCUT2D eigenvalue weighted by Crippen LogP contribution is 2.28. The molecule has 1 aliphatic rings. The Labute approximate surface area is 125 Å². The maximum absolute atomic E-state index is 11.6. The Kier molecular flexibility index (Phi) is 7.75. The van der Waals surface area contributed by atoms with Gasteiger partial charge in [-0.2, -0.15) is 0 Å². The van der Waals surface area contributed by atoms with Crippen molar-refractivity contribution in [1.82, 2.24) is 0 Å². The molecule has 0 bridgehead atoms. The third-order valence-electron chi connectivity index (χ3n) is 3.60. The Hall–Kier alpha value is -1.62. The number of hydrogen-bond donors (Lipinski definition) is 0. The zero-order valence-electron chi connectivity index (χ0n) is 13.0. The number of carbonyl (C=O) groups excluding carboxylic acids is 2. The molecule has 1 fully saturated rings. The van der Waals surface area contributed by atoms with E-state index in [9.17, 15) is 9.59 Å². The summed E-state index contributed by atoms with van der Waals surface area (Å²) in [5.41, 5.74) is -0.0155. The molecule has 1 rings (SSSR count). The maximum Gasteiger partial charge on any atom is 0.344 e. The molecule has 1 saturated carbocycles. The molecular formula is C16H24O5. The minimum atomic E-state index is -0.645. The highest BCUT2D eigenvalue weighted by atomic mass is 16.5. The van der Waals surface area contributed by atoms with Crippen molar-refractivity contribution in [3.8, 4) is 0 Å². The van der Waals surface area contributed by atoms with Gasteiger partial charge in [-0.15, -0.1) is 0 Å². The molecule has 0 saturated heterocycles. The maximum atomic E-state index is 11.6. The van der Waals surface area contributed by atoms with Crippen LogP contribution in [0.1, 0.15) is 32.6 Å². The average molecular weight is 296 g/mol. The van der Waals surface area contributed by atoms with E-state index in [0.717, 1.165) is 25.7 Å². The van der Waals surface area contributed by atoms with Crippen LogP contribution >= 0.6 is 0 Å². The van der Waals surface area contributed by atoms with Crippen molar-refractivity contribution in [3.05, 3.63) is 23.8 Å². The molecule has 0 aromatic heterocycles. The van der Waals surface area contributed by atoms with Crippen molar-refractivity contribution in [1.29, 1.82) is 0 Å². The number of ether oxygens (including phenoxy) is 3. The molecule has 0 unspecified atom stereocenters. The van der Waals surface area contributed by atoms with Crippen LogP contribution in [0.3, 0.4) is 0 Å². The third-order valence-corrected chi connectivity index (χ3v) is 3.60. The summed E-state index contributed by atoms with van der Waals surface area (Å²) in [4.78, 5) is 23.2. The fourth-order valence-electron chi connectivity index (χ4n) is 2.38. The lowest BCUT2D eigenvalue weighted by Crippen LogP contribution is -2.23. The third kappa shape index (κ3) is 5.71. The van der Waals surface area contributed by atoms with E-state index in [0.29, 0.717) is 6.61 Å². The summed E-state index contributed by atoms with van der Waals surface area (Å²) in [6, 6.07) is 0. The molecule has 118 valence electrons. The molecule has 0 radical (unpaired) electrons. The SMILES string of the molecule is C/C=C/COC1CCC(C=C(C(=O)OC)C(=O)OC)CC1. The van der Waals surface area contributed by atoms with Crippen LogP contribution < -0.4 is 0 Å². The first kappa shape index (κ1) is 17.4. The molecule has 5 heteroatoms. The normalized spacial score (nSPS) is 21.9. The van der Waals surface area contributed by atoms with Crippen LogP contribution in [0.25, 0.3) is 0 Å². The second-order valence-electron chi connectivity index (χ2n) is 5.00. The number of allylic oxidation sites excluding steroid dienone is 2. The number of hydrogen-bond acceptors (Lipinski definition) is 5. The predicted molar refractivity (Wildman–Crippen MR) is 78.6 cm³/mol. The number of carbonyl (C=O) groups is 2. The van der Waals surface area contributed by atoms with Crippen LogP contribution in [0.2, 0.25) is 0 Å². The van der Waals surface area contributed by atoms with Crippen molar-refractivity contribution >= 4 is 11.9 Å². The van der Waals surface area contributed by atoms with Crippen molar-refractivity contribution < 1.29 is 23.8 Å². The van der Waals surface area contributed by atoms with Gasteiger partial charge in [-0.3, -0.25) is 0 Å². The lowest BCUT2D eigenvalue weighted by atomic mass is 9.86. The Morgan fingerprint density at radius 3 is 2.10 bits per heavy atom. The van der Waals surface area contributed by atoms with Gasteiger partial charge in [0.1, 0.15) is 5.57 Å². The molecule has 0 aliphatic heterocycles. The van der Waals surface area contributed by atoms with Crippen molar-refractivity contribution in [2.45, 2.75) is 38.7 Å². The van der Waals surface area contributed by atoms with Gasteiger partial charge in [-0.05, 0) is 38.5 Å². The molecular weight excluding hydrogens is 272 g/mol. The van der Waals surface area contributed by atoms with E-state index in [4.69, 9.17) is 4.74 Å². The van der Waals surface area contributed by atoms with Gasteiger partial charge in [-0.25, -0.2) is 9.59 Å². The van der Waals surface area contributed by atoms with E-state index in [-0.39, 0.29) is 17.6 Å². The zero-order valence-corrected chi connectivity index (χ0v) is 13.0. The molecule has 0 amide bonds. The number of methoxy groups -OCH3 is 2. The number of rotatable bonds is 6. The standard InChI is InChI=1S/C16H24O5/c1-4-5-10-21-13-8-6-12(7-9-13)11-14(15(17)19-2)16(18)20-3/h4-5,11-13H,6-10H2,1-3H3/b5-4+. The summed E-state index contributed by atoms with van der Waals surface area (Å²) in [7, 11) is 2.51. The molecule has 0 heterocycles. The minimum absolute atomic E-state index is 0.0155. The van der Waals surface area contributed by atoms with Crippen LogP contribution in [-0.4, -0.2) is 38.9 Å². The van der Waals surface area contributed by atoms with Gasteiger partial charge < -0.3 is 14.2 Å². The largest absolute Gasteiger partial charge is 0.465 e. The van der Waals surface area contributed by atoms with Gasteiger partial charge in [0, 0.05) is 0 Å². The first-order valence-electron chi connectivity index (χ1n) is 7.23. The van der Waals surface area contributed by atoms with Crippen LogP contribution in [-0.2, 0) is 23.8 Å².